The van der Waals surface area contributed by atoms with Crippen LogP contribution in [-0.2, 0) is 10.8 Å². The molecule has 1 nitrogen and oxygen atoms in total. The Bertz CT molecular complexity index is 1660. The van der Waals surface area contributed by atoms with E-state index in [0.717, 1.165) is 0 Å². The van der Waals surface area contributed by atoms with Crippen molar-refractivity contribution in [2.75, 3.05) is 4.90 Å². The smallest absolute Gasteiger partial charge is 0.0466 e. The summed E-state index contributed by atoms with van der Waals surface area (Å²) in [4.78, 5) is 2.46. The van der Waals surface area contributed by atoms with Crippen LogP contribution in [0.25, 0.3) is 22.3 Å². The standard InChI is InChI=1S/C38H35N/c1-24-19-25(2)21-28(20-24)39(26-15-17-31-29-11-7-9-13-33(29)37(3,4)35(31)22-26)27-16-18-32-30-12-8-10-14-34(30)38(5,6)36(32)23-27/h7-23H,1-6H3. The van der Waals surface area contributed by atoms with Gasteiger partial charge in [0.1, 0.15) is 0 Å². The second-order valence-corrected chi connectivity index (χ2v) is 12.5. The van der Waals surface area contributed by atoms with Gasteiger partial charge in [-0.15, -0.1) is 0 Å². The molecule has 0 saturated heterocycles. The van der Waals surface area contributed by atoms with Crippen LogP contribution >= 0.6 is 0 Å². The van der Waals surface area contributed by atoms with E-state index in [2.05, 4.69) is 150 Å². The number of aryl methyl sites for hydroxylation is 2. The second kappa shape index (κ2) is 8.20. The second-order valence-electron chi connectivity index (χ2n) is 12.5. The Labute approximate surface area is 232 Å². The molecular weight excluding hydrogens is 470 g/mol. The highest BCUT2D eigenvalue weighted by Gasteiger charge is 2.37. The fraction of sp³-hybridized carbons (Fsp3) is 0.211. The topological polar surface area (TPSA) is 3.24 Å². The van der Waals surface area contributed by atoms with Gasteiger partial charge in [-0.1, -0.05) is 94.4 Å². The maximum absolute atomic E-state index is 2.46. The zero-order valence-corrected chi connectivity index (χ0v) is 23.8. The van der Waals surface area contributed by atoms with Gasteiger partial charge in [-0.25, -0.2) is 0 Å². The molecule has 0 heterocycles. The van der Waals surface area contributed by atoms with Gasteiger partial charge >= 0.3 is 0 Å². The predicted molar refractivity (Wildman–Crippen MR) is 166 cm³/mol. The molecule has 2 aliphatic rings. The fourth-order valence-corrected chi connectivity index (χ4v) is 7.19. The van der Waals surface area contributed by atoms with E-state index >= 15 is 0 Å². The van der Waals surface area contributed by atoms with Crippen LogP contribution in [-0.4, -0.2) is 0 Å². The quantitative estimate of drug-likeness (QED) is 0.236. The lowest BCUT2D eigenvalue weighted by Crippen LogP contribution is -2.18. The van der Waals surface area contributed by atoms with Crippen LogP contribution in [0.2, 0.25) is 0 Å². The number of rotatable bonds is 3. The summed E-state index contributed by atoms with van der Waals surface area (Å²) < 4.78 is 0. The van der Waals surface area contributed by atoms with Gasteiger partial charge in [-0.05, 0) is 106 Å². The van der Waals surface area contributed by atoms with Crippen molar-refractivity contribution in [2.45, 2.75) is 52.4 Å². The Balaban J connectivity index is 1.44. The highest BCUT2D eigenvalue weighted by Crippen LogP contribution is 2.53. The van der Waals surface area contributed by atoms with E-state index in [-0.39, 0.29) is 10.8 Å². The van der Waals surface area contributed by atoms with Crippen molar-refractivity contribution in [1.82, 2.24) is 0 Å². The number of hydrogen-bond donors (Lipinski definition) is 0. The van der Waals surface area contributed by atoms with Crippen LogP contribution in [0.1, 0.15) is 61.1 Å². The van der Waals surface area contributed by atoms with Gasteiger partial charge in [-0.3, -0.25) is 0 Å². The molecule has 0 N–H and O–H groups in total. The number of hydrogen-bond acceptors (Lipinski definition) is 1. The Morgan fingerprint density at radius 2 is 0.821 bits per heavy atom. The summed E-state index contributed by atoms with van der Waals surface area (Å²) in [6.07, 6.45) is 0. The van der Waals surface area contributed by atoms with Gasteiger partial charge in [0.05, 0.1) is 0 Å². The molecular formula is C38H35N. The molecule has 0 fully saturated rings. The summed E-state index contributed by atoms with van der Waals surface area (Å²) in [6, 6.07) is 38.8. The maximum Gasteiger partial charge on any atom is 0.0466 e. The molecule has 0 spiro atoms. The number of fused-ring (bicyclic) bond motifs is 6. The minimum atomic E-state index is -0.0440. The van der Waals surface area contributed by atoms with Crippen molar-refractivity contribution in [3.8, 4) is 22.3 Å². The van der Waals surface area contributed by atoms with Crippen LogP contribution in [0.3, 0.4) is 0 Å². The first-order chi connectivity index (χ1) is 18.7. The van der Waals surface area contributed by atoms with Crippen molar-refractivity contribution in [3.05, 3.63) is 137 Å². The summed E-state index contributed by atoms with van der Waals surface area (Å²) in [7, 11) is 0. The Morgan fingerprint density at radius 1 is 0.410 bits per heavy atom. The first-order valence-corrected chi connectivity index (χ1v) is 14.0. The summed E-state index contributed by atoms with van der Waals surface area (Å²) in [5.41, 5.74) is 17.1. The minimum absolute atomic E-state index is 0.0440. The van der Waals surface area contributed by atoms with Crippen molar-refractivity contribution in [3.63, 3.8) is 0 Å². The van der Waals surface area contributed by atoms with Crippen LogP contribution < -0.4 is 4.90 Å². The van der Waals surface area contributed by atoms with Crippen molar-refractivity contribution in [1.29, 1.82) is 0 Å². The number of nitrogens with zero attached hydrogens (tertiary/aromatic N) is 1. The molecule has 0 unspecified atom stereocenters. The zero-order valence-electron chi connectivity index (χ0n) is 23.8. The molecule has 0 bridgehead atoms. The summed E-state index contributed by atoms with van der Waals surface area (Å²) >= 11 is 0. The van der Waals surface area contributed by atoms with Crippen molar-refractivity contribution in [2.24, 2.45) is 0 Å². The van der Waals surface area contributed by atoms with Gasteiger partial charge in [0.25, 0.3) is 0 Å². The van der Waals surface area contributed by atoms with Gasteiger partial charge in [0, 0.05) is 27.9 Å². The van der Waals surface area contributed by atoms with Gasteiger partial charge < -0.3 is 4.90 Å². The maximum atomic E-state index is 2.46. The minimum Gasteiger partial charge on any atom is -0.310 e. The molecule has 7 rings (SSSR count). The van der Waals surface area contributed by atoms with Crippen LogP contribution in [0, 0.1) is 13.8 Å². The molecule has 0 radical (unpaired) electrons. The lowest BCUT2D eigenvalue weighted by Gasteiger charge is -2.30. The monoisotopic (exact) mass is 505 g/mol. The van der Waals surface area contributed by atoms with Crippen LogP contribution in [0.15, 0.2) is 103 Å². The average Bonchev–Trinajstić information content (AvgIpc) is 3.28. The number of benzene rings is 5. The van der Waals surface area contributed by atoms with Crippen molar-refractivity contribution < 1.29 is 0 Å². The van der Waals surface area contributed by atoms with Crippen LogP contribution in [0.5, 0.6) is 0 Å². The van der Waals surface area contributed by atoms with E-state index in [1.807, 2.05) is 0 Å². The van der Waals surface area contributed by atoms with E-state index in [4.69, 9.17) is 0 Å². The molecule has 39 heavy (non-hydrogen) atoms. The predicted octanol–water partition coefficient (Wildman–Crippen LogP) is 10.4. The number of anilines is 3. The Hall–Kier alpha value is -4.10. The molecule has 0 atom stereocenters. The molecule has 0 aromatic heterocycles. The van der Waals surface area contributed by atoms with Crippen LogP contribution in [0.4, 0.5) is 17.1 Å². The lowest BCUT2D eigenvalue weighted by atomic mass is 9.82. The van der Waals surface area contributed by atoms with Gasteiger partial charge in [0.15, 0.2) is 0 Å². The Morgan fingerprint density at radius 3 is 1.28 bits per heavy atom. The first-order valence-electron chi connectivity index (χ1n) is 14.0. The zero-order chi connectivity index (χ0) is 27.1. The molecule has 0 aliphatic heterocycles. The Kier molecular flexibility index (Phi) is 5.04. The normalized spacial score (nSPS) is 15.3. The summed E-state index contributed by atoms with van der Waals surface area (Å²) in [5, 5.41) is 0. The molecule has 0 saturated carbocycles. The summed E-state index contributed by atoms with van der Waals surface area (Å²) in [5.74, 6) is 0. The fourth-order valence-electron chi connectivity index (χ4n) is 7.19. The third kappa shape index (κ3) is 3.46. The molecule has 5 aromatic rings. The SMILES string of the molecule is Cc1cc(C)cc(N(c2ccc3c(c2)C(C)(C)c2ccccc2-3)c2ccc3c(c2)C(C)(C)c2ccccc2-3)c1. The molecule has 192 valence electrons. The van der Waals surface area contributed by atoms with Gasteiger partial charge in [0.2, 0.25) is 0 Å². The molecule has 5 aromatic carbocycles. The van der Waals surface area contributed by atoms with E-state index in [9.17, 15) is 0 Å². The van der Waals surface area contributed by atoms with E-state index in [1.165, 1.54) is 72.7 Å². The third-order valence-corrected chi connectivity index (χ3v) is 9.12. The lowest BCUT2D eigenvalue weighted by molar-refractivity contribution is 0.660. The molecule has 2 aliphatic carbocycles. The van der Waals surface area contributed by atoms with Gasteiger partial charge in [-0.2, -0.15) is 0 Å². The summed E-state index contributed by atoms with van der Waals surface area (Å²) in [6.45, 7) is 13.8. The van der Waals surface area contributed by atoms with E-state index < -0.39 is 0 Å². The molecule has 0 amide bonds. The average molecular weight is 506 g/mol. The molecule has 1 heteroatoms. The first kappa shape index (κ1) is 24.0. The largest absolute Gasteiger partial charge is 0.310 e. The highest BCUT2D eigenvalue weighted by molar-refractivity contribution is 5.88. The van der Waals surface area contributed by atoms with E-state index in [0.29, 0.717) is 0 Å². The van der Waals surface area contributed by atoms with E-state index in [1.54, 1.807) is 0 Å². The van der Waals surface area contributed by atoms with Crippen molar-refractivity contribution >= 4 is 17.1 Å². The highest BCUT2D eigenvalue weighted by atomic mass is 15.1. The third-order valence-electron chi connectivity index (χ3n) is 9.12.